The van der Waals surface area contributed by atoms with Crippen LogP contribution in [0.1, 0.15) is 11.1 Å². The summed E-state index contributed by atoms with van der Waals surface area (Å²) >= 11 is 1.96. The molecule has 0 amide bonds. The van der Waals surface area contributed by atoms with Gasteiger partial charge in [0.1, 0.15) is 6.61 Å². The topological polar surface area (TPSA) is 13.6 Å². The third kappa shape index (κ3) is 4.52. The Morgan fingerprint density at radius 3 is 2.65 bits per heavy atom. The molecule has 0 saturated heterocycles. The van der Waals surface area contributed by atoms with Crippen LogP contribution in [0.15, 0.2) is 18.2 Å². The van der Waals surface area contributed by atoms with Crippen molar-refractivity contribution in [3.63, 3.8) is 0 Å². The van der Waals surface area contributed by atoms with Gasteiger partial charge in [0, 0.05) is 3.57 Å². The van der Waals surface area contributed by atoms with E-state index in [-0.39, 0.29) is 19.8 Å². The SMILES string of the molecule is [C-]#[N+]CCOCc1cc(C(F)(F)F)ccc1I. The van der Waals surface area contributed by atoms with Crippen molar-refractivity contribution in [1.82, 2.24) is 0 Å². The quantitative estimate of drug-likeness (QED) is 0.456. The van der Waals surface area contributed by atoms with Crippen molar-refractivity contribution in [2.24, 2.45) is 0 Å². The van der Waals surface area contributed by atoms with Crippen LogP contribution in [0, 0.1) is 10.1 Å². The normalized spacial score (nSPS) is 11.2. The molecule has 0 spiro atoms. The number of benzene rings is 1. The fourth-order valence-electron chi connectivity index (χ4n) is 1.15. The highest BCUT2D eigenvalue weighted by Crippen LogP contribution is 2.31. The van der Waals surface area contributed by atoms with Crippen LogP contribution in [0.2, 0.25) is 0 Å². The van der Waals surface area contributed by atoms with Gasteiger partial charge in [0.25, 0.3) is 0 Å². The summed E-state index contributed by atoms with van der Waals surface area (Å²) in [5.74, 6) is 0. The number of alkyl halides is 3. The van der Waals surface area contributed by atoms with E-state index in [2.05, 4.69) is 4.85 Å². The summed E-state index contributed by atoms with van der Waals surface area (Å²) in [6, 6.07) is 3.54. The van der Waals surface area contributed by atoms with Gasteiger partial charge in [-0.2, -0.15) is 13.2 Å². The van der Waals surface area contributed by atoms with Crippen molar-refractivity contribution in [3.8, 4) is 0 Å². The standard InChI is InChI=1S/C11H9F3INO/c1-16-4-5-17-7-8-6-9(11(12,13)14)2-3-10(8)15/h2-3,6H,4-5,7H2. The molecule has 1 aromatic carbocycles. The Balaban J connectivity index is 2.74. The minimum absolute atomic E-state index is 0.0950. The minimum Gasteiger partial charge on any atom is -0.369 e. The molecule has 0 aliphatic carbocycles. The lowest BCUT2D eigenvalue weighted by Crippen LogP contribution is -2.07. The molecule has 0 saturated carbocycles. The number of hydrogen-bond donors (Lipinski definition) is 0. The van der Waals surface area contributed by atoms with Gasteiger partial charge in [-0.1, -0.05) is 0 Å². The van der Waals surface area contributed by atoms with Crippen LogP contribution in [0.5, 0.6) is 0 Å². The molecule has 0 bridgehead atoms. The Morgan fingerprint density at radius 2 is 2.06 bits per heavy atom. The highest BCUT2D eigenvalue weighted by molar-refractivity contribution is 14.1. The maximum atomic E-state index is 12.5. The zero-order valence-electron chi connectivity index (χ0n) is 8.72. The minimum atomic E-state index is -4.34. The summed E-state index contributed by atoms with van der Waals surface area (Å²) < 4.78 is 43.2. The van der Waals surface area contributed by atoms with Crippen LogP contribution in [0.4, 0.5) is 13.2 Å². The lowest BCUT2D eigenvalue weighted by molar-refractivity contribution is -0.137. The fourth-order valence-corrected chi connectivity index (χ4v) is 1.65. The predicted octanol–water partition coefficient (Wildman–Crippen LogP) is 3.75. The number of halogens is 4. The van der Waals surface area contributed by atoms with E-state index in [1.165, 1.54) is 6.07 Å². The Morgan fingerprint density at radius 1 is 1.35 bits per heavy atom. The Bertz CT molecular complexity index is 426. The summed E-state index contributed by atoms with van der Waals surface area (Å²) in [7, 11) is 0. The van der Waals surface area contributed by atoms with Gasteiger partial charge < -0.3 is 9.58 Å². The monoisotopic (exact) mass is 355 g/mol. The average molecular weight is 355 g/mol. The number of nitrogens with zero attached hydrogens (tertiary/aromatic N) is 1. The molecule has 0 aliphatic rings. The molecule has 0 aliphatic heterocycles. The van der Waals surface area contributed by atoms with Crippen molar-refractivity contribution >= 4 is 22.6 Å². The molecule has 0 aromatic heterocycles. The van der Waals surface area contributed by atoms with Gasteiger partial charge in [-0.05, 0) is 46.4 Å². The first-order valence-corrected chi connectivity index (χ1v) is 5.79. The van der Waals surface area contributed by atoms with E-state index >= 15 is 0 Å². The maximum absolute atomic E-state index is 12.5. The largest absolute Gasteiger partial charge is 0.416 e. The average Bonchev–Trinajstić information content (AvgIpc) is 2.25. The van der Waals surface area contributed by atoms with Crippen LogP contribution in [0.25, 0.3) is 4.85 Å². The molecule has 1 rings (SSSR count). The predicted molar refractivity (Wildman–Crippen MR) is 65.3 cm³/mol. The summed E-state index contributed by atoms with van der Waals surface area (Å²) in [4.78, 5) is 3.09. The molecule has 0 fully saturated rings. The zero-order valence-corrected chi connectivity index (χ0v) is 10.9. The van der Waals surface area contributed by atoms with E-state index in [4.69, 9.17) is 11.3 Å². The van der Waals surface area contributed by atoms with Gasteiger partial charge in [-0.25, -0.2) is 6.57 Å². The molecule has 17 heavy (non-hydrogen) atoms. The highest BCUT2D eigenvalue weighted by Gasteiger charge is 2.30. The molecule has 0 heterocycles. The van der Waals surface area contributed by atoms with Gasteiger partial charge in [0.15, 0.2) is 0 Å². The van der Waals surface area contributed by atoms with E-state index in [1.54, 1.807) is 0 Å². The summed E-state index contributed by atoms with van der Waals surface area (Å²) in [5, 5.41) is 0. The second-order valence-electron chi connectivity index (χ2n) is 3.24. The van der Waals surface area contributed by atoms with Crippen LogP contribution in [-0.2, 0) is 17.5 Å². The smallest absolute Gasteiger partial charge is 0.369 e. The van der Waals surface area contributed by atoms with Crippen LogP contribution in [-0.4, -0.2) is 13.2 Å². The molecule has 0 N–H and O–H groups in total. The first-order chi connectivity index (χ1) is 7.95. The van der Waals surface area contributed by atoms with Crippen LogP contribution >= 0.6 is 22.6 Å². The van der Waals surface area contributed by atoms with E-state index in [0.717, 1.165) is 15.7 Å². The molecule has 0 atom stereocenters. The molecular weight excluding hydrogens is 346 g/mol. The number of ether oxygens (including phenoxy) is 1. The van der Waals surface area contributed by atoms with Gasteiger partial charge in [0.05, 0.1) is 12.2 Å². The van der Waals surface area contributed by atoms with Gasteiger partial charge in [-0.15, -0.1) is 0 Å². The van der Waals surface area contributed by atoms with Gasteiger partial charge in [0.2, 0.25) is 6.54 Å². The molecule has 1 aromatic rings. The molecular formula is C11H9F3INO. The first-order valence-electron chi connectivity index (χ1n) is 4.71. The van der Waals surface area contributed by atoms with Crippen molar-refractivity contribution in [2.75, 3.05) is 13.2 Å². The van der Waals surface area contributed by atoms with Gasteiger partial charge >= 0.3 is 6.18 Å². The van der Waals surface area contributed by atoms with Gasteiger partial charge in [-0.3, -0.25) is 0 Å². The zero-order chi connectivity index (χ0) is 12.9. The van der Waals surface area contributed by atoms with E-state index in [1.807, 2.05) is 22.6 Å². The summed E-state index contributed by atoms with van der Waals surface area (Å²) in [6.07, 6.45) is -4.34. The maximum Gasteiger partial charge on any atom is 0.416 e. The second kappa shape index (κ2) is 6.21. The Labute approximate surface area is 111 Å². The Kier molecular flexibility index (Phi) is 5.21. The third-order valence-corrected chi connectivity index (χ3v) is 3.03. The van der Waals surface area contributed by atoms with E-state index in [0.29, 0.717) is 5.56 Å². The number of hydrogen-bond acceptors (Lipinski definition) is 1. The van der Waals surface area contributed by atoms with Crippen LogP contribution < -0.4 is 0 Å². The van der Waals surface area contributed by atoms with Crippen molar-refractivity contribution in [2.45, 2.75) is 12.8 Å². The molecule has 0 radical (unpaired) electrons. The Hall–Kier alpha value is -0.810. The summed E-state index contributed by atoms with van der Waals surface area (Å²) in [5.41, 5.74) is -0.188. The number of rotatable bonds is 4. The van der Waals surface area contributed by atoms with Crippen molar-refractivity contribution in [3.05, 3.63) is 44.3 Å². The lowest BCUT2D eigenvalue weighted by atomic mass is 10.1. The van der Waals surface area contributed by atoms with Crippen molar-refractivity contribution in [1.29, 1.82) is 0 Å². The molecule has 92 valence electrons. The fraction of sp³-hybridized carbons (Fsp3) is 0.364. The highest BCUT2D eigenvalue weighted by atomic mass is 127. The third-order valence-electron chi connectivity index (χ3n) is 1.98. The first kappa shape index (κ1) is 14.3. The van der Waals surface area contributed by atoms with E-state index < -0.39 is 11.7 Å². The summed E-state index contributed by atoms with van der Waals surface area (Å²) in [6.45, 7) is 7.08. The molecule has 0 unspecified atom stereocenters. The second-order valence-corrected chi connectivity index (χ2v) is 4.40. The van der Waals surface area contributed by atoms with Crippen LogP contribution in [0.3, 0.4) is 0 Å². The molecule has 6 heteroatoms. The van der Waals surface area contributed by atoms with E-state index in [9.17, 15) is 13.2 Å². The molecule has 2 nitrogen and oxygen atoms in total. The van der Waals surface area contributed by atoms with Crippen molar-refractivity contribution < 1.29 is 17.9 Å². The lowest BCUT2D eigenvalue weighted by Gasteiger charge is -2.10.